The first kappa shape index (κ1) is 20.8. The van der Waals surface area contributed by atoms with Crippen LogP contribution in [0.3, 0.4) is 0 Å². The van der Waals surface area contributed by atoms with Crippen molar-refractivity contribution >= 4 is 17.3 Å². The molecule has 2 N–H and O–H groups in total. The van der Waals surface area contributed by atoms with Crippen LogP contribution in [0, 0.1) is 23.0 Å². The minimum atomic E-state index is -0.486. The third kappa shape index (κ3) is 5.54. The molecule has 1 heterocycles. The predicted molar refractivity (Wildman–Crippen MR) is 114 cm³/mol. The number of nitro groups is 1. The summed E-state index contributed by atoms with van der Waals surface area (Å²) < 4.78 is 0. The quantitative estimate of drug-likeness (QED) is 0.552. The Balaban J connectivity index is 1.54. The minimum Gasteiger partial charge on any atom is -0.384 e. The van der Waals surface area contributed by atoms with Crippen LogP contribution in [0.1, 0.15) is 34.3 Å². The third-order valence-electron chi connectivity index (χ3n) is 5.50. The van der Waals surface area contributed by atoms with Gasteiger partial charge in [0.1, 0.15) is 0 Å². The zero-order valence-corrected chi connectivity index (χ0v) is 17.0. The van der Waals surface area contributed by atoms with Gasteiger partial charge in [0.15, 0.2) is 0 Å². The van der Waals surface area contributed by atoms with E-state index in [4.69, 9.17) is 0 Å². The van der Waals surface area contributed by atoms with E-state index < -0.39 is 4.92 Å². The summed E-state index contributed by atoms with van der Waals surface area (Å²) in [6, 6.07) is 13.1. The Morgan fingerprint density at radius 2 is 1.86 bits per heavy atom. The van der Waals surface area contributed by atoms with Crippen LogP contribution in [-0.4, -0.2) is 42.4 Å². The molecule has 0 radical (unpaired) electrons. The van der Waals surface area contributed by atoms with E-state index in [-0.39, 0.29) is 11.6 Å². The average Bonchev–Trinajstić information content (AvgIpc) is 2.74. The second-order valence-electron chi connectivity index (χ2n) is 7.65. The highest BCUT2D eigenvalue weighted by Gasteiger charge is 2.21. The number of aryl methyl sites for hydroxylation is 1. The molecule has 7 heteroatoms. The number of carbonyl (C=O) groups excluding carboxylic acids is 1. The first-order chi connectivity index (χ1) is 14.0. The monoisotopic (exact) mass is 396 g/mol. The van der Waals surface area contributed by atoms with Crippen molar-refractivity contribution < 1.29 is 9.72 Å². The number of nitrogens with one attached hydrogen (secondary N) is 2. The van der Waals surface area contributed by atoms with Crippen LogP contribution in [0.5, 0.6) is 0 Å². The van der Waals surface area contributed by atoms with E-state index in [1.807, 2.05) is 0 Å². The van der Waals surface area contributed by atoms with Gasteiger partial charge in [0.2, 0.25) is 0 Å². The number of nitro benzene ring substituents is 1. The van der Waals surface area contributed by atoms with E-state index in [9.17, 15) is 14.9 Å². The van der Waals surface area contributed by atoms with E-state index in [2.05, 4.69) is 46.7 Å². The van der Waals surface area contributed by atoms with Gasteiger partial charge in [0, 0.05) is 38.0 Å². The number of hydrogen-bond acceptors (Lipinski definition) is 5. The molecule has 1 aliphatic heterocycles. The average molecular weight is 396 g/mol. The number of non-ortho nitro benzene ring substituents is 1. The predicted octanol–water partition coefficient (Wildman–Crippen LogP) is 3.59. The summed E-state index contributed by atoms with van der Waals surface area (Å²) in [7, 11) is 1.52. The number of piperidine rings is 1. The van der Waals surface area contributed by atoms with Crippen LogP contribution in [0.2, 0.25) is 0 Å². The Morgan fingerprint density at radius 1 is 1.17 bits per heavy atom. The van der Waals surface area contributed by atoms with Crippen molar-refractivity contribution in [3.8, 4) is 0 Å². The van der Waals surface area contributed by atoms with Gasteiger partial charge in [-0.2, -0.15) is 0 Å². The molecule has 154 valence electrons. The Labute approximate surface area is 171 Å². The number of anilines is 1. The standard InChI is InChI=1S/C22H28N4O3/c1-16-3-5-18(6-4-16)15-25-11-9-17(10-12-25)14-24-21-8-7-19(26(28)29)13-20(21)22(27)23-2/h3-8,13,17,24H,9-12,14-15H2,1-2H3,(H,23,27). The van der Waals surface area contributed by atoms with Gasteiger partial charge in [-0.1, -0.05) is 29.8 Å². The lowest BCUT2D eigenvalue weighted by Gasteiger charge is -2.32. The van der Waals surface area contributed by atoms with Crippen molar-refractivity contribution in [2.24, 2.45) is 5.92 Å². The van der Waals surface area contributed by atoms with Gasteiger partial charge in [0.25, 0.3) is 11.6 Å². The Bertz CT molecular complexity index is 859. The zero-order chi connectivity index (χ0) is 20.8. The fourth-order valence-corrected chi connectivity index (χ4v) is 3.68. The van der Waals surface area contributed by atoms with Crippen molar-refractivity contribution in [3.63, 3.8) is 0 Å². The summed E-state index contributed by atoms with van der Waals surface area (Å²) in [6.07, 6.45) is 2.17. The molecule has 1 aliphatic rings. The molecule has 29 heavy (non-hydrogen) atoms. The molecular weight excluding hydrogens is 368 g/mol. The molecule has 1 saturated heterocycles. The normalized spacial score (nSPS) is 15.1. The summed E-state index contributed by atoms with van der Waals surface area (Å²) >= 11 is 0. The second kappa shape index (κ2) is 9.52. The highest BCUT2D eigenvalue weighted by Crippen LogP contribution is 2.24. The number of amides is 1. The zero-order valence-electron chi connectivity index (χ0n) is 17.0. The lowest BCUT2D eigenvalue weighted by atomic mass is 9.96. The van der Waals surface area contributed by atoms with Gasteiger partial charge in [-0.3, -0.25) is 19.8 Å². The fourth-order valence-electron chi connectivity index (χ4n) is 3.68. The van der Waals surface area contributed by atoms with Crippen LogP contribution in [0.4, 0.5) is 11.4 Å². The van der Waals surface area contributed by atoms with Crippen LogP contribution in [0.25, 0.3) is 0 Å². The molecule has 3 rings (SSSR count). The first-order valence-electron chi connectivity index (χ1n) is 9.98. The molecule has 0 unspecified atom stereocenters. The Morgan fingerprint density at radius 3 is 2.48 bits per heavy atom. The highest BCUT2D eigenvalue weighted by atomic mass is 16.6. The Hall–Kier alpha value is -2.93. The summed E-state index contributed by atoms with van der Waals surface area (Å²) in [4.78, 5) is 25.1. The molecule has 0 aliphatic carbocycles. The maximum Gasteiger partial charge on any atom is 0.270 e. The van der Waals surface area contributed by atoms with Gasteiger partial charge in [-0.05, 0) is 50.4 Å². The maximum atomic E-state index is 12.1. The topological polar surface area (TPSA) is 87.5 Å². The number of benzene rings is 2. The number of likely N-dealkylation sites (tertiary alicyclic amines) is 1. The van der Waals surface area contributed by atoms with Crippen LogP contribution in [0.15, 0.2) is 42.5 Å². The van der Waals surface area contributed by atoms with Crippen LogP contribution < -0.4 is 10.6 Å². The highest BCUT2D eigenvalue weighted by molar-refractivity contribution is 6.00. The van der Waals surface area contributed by atoms with Gasteiger partial charge in [0.05, 0.1) is 10.5 Å². The van der Waals surface area contributed by atoms with E-state index in [1.165, 1.54) is 30.3 Å². The van der Waals surface area contributed by atoms with Crippen LogP contribution in [-0.2, 0) is 6.54 Å². The molecule has 7 nitrogen and oxygen atoms in total. The molecule has 1 fully saturated rings. The fraction of sp³-hybridized carbons (Fsp3) is 0.409. The molecule has 1 amide bonds. The number of carbonyl (C=O) groups is 1. The van der Waals surface area contributed by atoms with Crippen molar-refractivity contribution in [2.45, 2.75) is 26.3 Å². The van der Waals surface area contributed by atoms with E-state index in [1.54, 1.807) is 6.07 Å². The van der Waals surface area contributed by atoms with E-state index in [0.29, 0.717) is 17.2 Å². The van der Waals surface area contributed by atoms with Gasteiger partial charge in [-0.15, -0.1) is 0 Å². The van der Waals surface area contributed by atoms with Crippen LogP contribution >= 0.6 is 0 Å². The first-order valence-corrected chi connectivity index (χ1v) is 9.98. The number of hydrogen-bond donors (Lipinski definition) is 2. The van der Waals surface area contributed by atoms with Gasteiger partial charge < -0.3 is 10.6 Å². The van der Waals surface area contributed by atoms with E-state index >= 15 is 0 Å². The van der Waals surface area contributed by atoms with Crippen molar-refractivity contribution in [3.05, 3.63) is 69.3 Å². The minimum absolute atomic E-state index is 0.0847. The molecule has 2 aromatic rings. The molecule has 0 atom stereocenters. The van der Waals surface area contributed by atoms with Gasteiger partial charge >= 0.3 is 0 Å². The summed E-state index contributed by atoms with van der Waals surface area (Å²) in [6.45, 7) is 5.91. The third-order valence-corrected chi connectivity index (χ3v) is 5.50. The smallest absolute Gasteiger partial charge is 0.270 e. The molecule has 0 bridgehead atoms. The SMILES string of the molecule is CNC(=O)c1cc([N+](=O)[O-])ccc1NCC1CCN(Cc2ccc(C)cc2)CC1. The molecule has 2 aromatic carbocycles. The van der Waals surface area contributed by atoms with Crippen molar-refractivity contribution in [1.29, 1.82) is 0 Å². The lowest BCUT2D eigenvalue weighted by Crippen LogP contribution is -2.35. The second-order valence-corrected chi connectivity index (χ2v) is 7.65. The van der Waals surface area contributed by atoms with Crippen molar-refractivity contribution in [2.75, 3.05) is 32.0 Å². The number of rotatable bonds is 7. The molecule has 0 aromatic heterocycles. The summed E-state index contributed by atoms with van der Waals surface area (Å²) in [5, 5.41) is 16.9. The summed E-state index contributed by atoms with van der Waals surface area (Å²) in [5.41, 5.74) is 3.48. The maximum absolute atomic E-state index is 12.1. The largest absolute Gasteiger partial charge is 0.384 e. The lowest BCUT2D eigenvalue weighted by molar-refractivity contribution is -0.384. The molecular formula is C22H28N4O3. The van der Waals surface area contributed by atoms with E-state index in [0.717, 1.165) is 39.0 Å². The molecule has 0 saturated carbocycles. The Kier molecular flexibility index (Phi) is 6.82. The summed E-state index contributed by atoms with van der Waals surface area (Å²) in [5.74, 6) is 0.182. The molecule has 0 spiro atoms. The van der Waals surface area contributed by atoms with Gasteiger partial charge in [-0.25, -0.2) is 0 Å². The number of nitrogens with zero attached hydrogens (tertiary/aromatic N) is 2. The van der Waals surface area contributed by atoms with Crippen molar-refractivity contribution in [1.82, 2.24) is 10.2 Å².